The maximum absolute atomic E-state index is 13.4. The minimum absolute atomic E-state index is 0.165. The molecule has 0 amide bonds. The Labute approximate surface area is 192 Å². The van der Waals surface area contributed by atoms with Crippen molar-refractivity contribution in [2.45, 2.75) is 18.7 Å². The van der Waals surface area contributed by atoms with Crippen LogP contribution in [0.4, 0.5) is 4.39 Å². The third-order valence-corrected chi connectivity index (χ3v) is 6.28. The highest BCUT2D eigenvalue weighted by Gasteiger charge is 2.42. The van der Waals surface area contributed by atoms with Crippen molar-refractivity contribution in [1.82, 2.24) is 5.01 Å². The van der Waals surface area contributed by atoms with Crippen molar-refractivity contribution in [3.05, 3.63) is 97.2 Å². The zero-order valence-electron chi connectivity index (χ0n) is 15.3. The first-order valence-electron chi connectivity index (χ1n) is 9.13. The van der Waals surface area contributed by atoms with E-state index in [2.05, 4.69) is 0 Å². The second-order valence-corrected chi connectivity index (χ2v) is 8.78. The average Bonchev–Trinajstić information content (AvgIpc) is 3.14. The third kappa shape index (κ3) is 3.42. The van der Waals surface area contributed by atoms with Gasteiger partial charge in [-0.2, -0.15) is 5.10 Å². The molecule has 0 radical (unpaired) electrons. The van der Waals surface area contributed by atoms with Crippen LogP contribution in [-0.4, -0.2) is 10.7 Å². The molecule has 3 aromatic rings. The Bertz CT molecular complexity index is 1180. The molecule has 0 bridgehead atoms. The van der Waals surface area contributed by atoms with Gasteiger partial charge in [-0.25, -0.2) is 9.40 Å². The van der Waals surface area contributed by atoms with Gasteiger partial charge in [-0.05, 0) is 42.0 Å². The van der Waals surface area contributed by atoms with Gasteiger partial charge in [0, 0.05) is 27.6 Å². The van der Waals surface area contributed by atoms with Crippen molar-refractivity contribution in [3.8, 4) is 5.75 Å². The summed E-state index contributed by atoms with van der Waals surface area (Å²) in [5.41, 5.74) is 3.20. The first-order chi connectivity index (χ1) is 14.4. The molecule has 3 nitrogen and oxygen atoms in total. The Morgan fingerprint density at radius 3 is 2.33 bits per heavy atom. The van der Waals surface area contributed by atoms with Crippen molar-refractivity contribution in [3.63, 3.8) is 0 Å². The molecule has 3 aromatic carbocycles. The second-order valence-electron chi connectivity index (χ2n) is 7.10. The fourth-order valence-electron chi connectivity index (χ4n) is 3.84. The van der Waals surface area contributed by atoms with Crippen molar-refractivity contribution in [2.24, 2.45) is 5.10 Å². The minimum Gasteiger partial charge on any atom is -0.463 e. The Balaban J connectivity index is 1.64. The minimum atomic E-state index is -0.608. The van der Waals surface area contributed by atoms with E-state index >= 15 is 0 Å². The van der Waals surface area contributed by atoms with Crippen LogP contribution in [0.3, 0.4) is 0 Å². The zero-order valence-corrected chi connectivity index (χ0v) is 18.3. The van der Waals surface area contributed by atoms with Crippen LogP contribution in [0.15, 0.2) is 59.7 Å². The molecule has 2 atom stereocenters. The van der Waals surface area contributed by atoms with Gasteiger partial charge in [0.05, 0.1) is 21.8 Å². The smallest absolute Gasteiger partial charge is 0.215 e. The highest BCUT2D eigenvalue weighted by molar-refractivity contribution is 6.36. The summed E-state index contributed by atoms with van der Waals surface area (Å²) < 4.78 is 19.7. The largest absolute Gasteiger partial charge is 0.463 e. The van der Waals surface area contributed by atoms with E-state index in [-0.39, 0.29) is 11.9 Å². The Morgan fingerprint density at radius 2 is 1.60 bits per heavy atom. The molecule has 2 heterocycles. The summed E-state index contributed by atoms with van der Waals surface area (Å²) in [6.07, 6.45) is -0.0238. The van der Waals surface area contributed by atoms with Gasteiger partial charge in [-0.3, -0.25) is 0 Å². The average molecular weight is 482 g/mol. The molecular formula is C22H13Cl4FN2O. The van der Waals surface area contributed by atoms with E-state index in [4.69, 9.17) is 56.2 Å². The molecule has 0 unspecified atom stereocenters. The van der Waals surface area contributed by atoms with E-state index in [1.54, 1.807) is 30.3 Å². The highest BCUT2D eigenvalue weighted by Crippen LogP contribution is 2.51. The molecule has 8 heteroatoms. The summed E-state index contributed by atoms with van der Waals surface area (Å²) in [6, 6.07) is 14.8. The van der Waals surface area contributed by atoms with Crippen molar-refractivity contribution < 1.29 is 9.13 Å². The first-order valence-corrected chi connectivity index (χ1v) is 10.6. The topological polar surface area (TPSA) is 24.8 Å². The number of halogens is 5. The lowest BCUT2D eigenvalue weighted by molar-refractivity contribution is -0.0188. The van der Waals surface area contributed by atoms with E-state index in [0.29, 0.717) is 37.8 Å². The number of hydrogen-bond donors (Lipinski definition) is 0. The molecule has 5 rings (SSSR count). The molecule has 0 aromatic heterocycles. The first kappa shape index (κ1) is 20.0. The summed E-state index contributed by atoms with van der Waals surface area (Å²) in [5.74, 6) is 0.252. The standard InChI is InChI=1S/C22H13Cl4FN2O/c23-12-3-6-15(17(25)8-12)22-29-20(16-7-13(24)9-18(26)21(16)30-22)10-19(28-29)11-1-4-14(27)5-2-11/h1-9,20,22H,10H2/t20-,22+/m1/s1. The normalized spacial score (nSPS) is 19.8. The van der Waals surface area contributed by atoms with E-state index in [1.807, 2.05) is 17.1 Å². The lowest BCUT2D eigenvalue weighted by Gasteiger charge is -2.39. The fraction of sp³-hybridized carbons (Fsp3) is 0.136. The monoisotopic (exact) mass is 480 g/mol. The van der Waals surface area contributed by atoms with Gasteiger partial charge in [0.1, 0.15) is 11.6 Å². The number of fused-ring (bicyclic) bond motifs is 3. The quantitative estimate of drug-likeness (QED) is 0.374. The molecule has 152 valence electrons. The number of hydrazone groups is 1. The third-order valence-electron chi connectivity index (χ3n) is 5.21. The number of ether oxygens (including phenoxy) is 1. The van der Waals surface area contributed by atoms with E-state index in [1.165, 1.54) is 12.1 Å². The van der Waals surface area contributed by atoms with Gasteiger partial charge in [0.25, 0.3) is 0 Å². The van der Waals surface area contributed by atoms with Crippen molar-refractivity contribution in [1.29, 1.82) is 0 Å². The molecule has 0 N–H and O–H groups in total. The van der Waals surface area contributed by atoms with Crippen LogP contribution < -0.4 is 4.74 Å². The molecular weight excluding hydrogens is 469 g/mol. The summed E-state index contributed by atoms with van der Waals surface area (Å²) in [5, 5.41) is 8.59. The Kier molecular flexibility index (Phi) is 5.06. The van der Waals surface area contributed by atoms with Crippen molar-refractivity contribution in [2.75, 3.05) is 0 Å². The van der Waals surface area contributed by atoms with Gasteiger partial charge in [-0.1, -0.05) is 64.6 Å². The summed E-state index contributed by atoms with van der Waals surface area (Å²) in [6.45, 7) is 0. The lowest BCUT2D eigenvalue weighted by atomic mass is 9.96. The Hall–Kier alpha value is -1.98. The SMILES string of the molecule is Fc1ccc(C2=NN3[C@H](C2)c2cc(Cl)cc(Cl)c2O[C@H]3c2ccc(Cl)cc2Cl)cc1. The molecule has 30 heavy (non-hydrogen) atoms. The second kappa shape index (κ2) is 7.61. The lowest BCUT2D eigenvalue weighted by Crippen LogP contribution is -2.34. The van der Waals surface area contributed by atoms with Crippen molar-refractivity contribution >= 4 is 52.1 Å². The Morgan fingerprint density at radius 1 is 0.867 bits per heavy atom. The molecule has 0 saturated carbocycles. The molecule has 0 fully saturated rings. The summed E-state index contributed by atoms with van der Waals surface area (Å²) >= 11 is 25.3. The van der Waals surface area contributed by atoms with Gasteiger partial charge < -0.3 is 4.74 Å². The van der Waals surface area contributed by atoms with Crippen LogP contribution in [0.25, 0.3) is 0 Å². The predicted octanol–water partition coefficient (Wildman–Crippen LogP) is 7.68. The number of hydrogen-bond acceptors (Lipinski definition) is 3. The molecule has 2 aliphatic heterocycles. The summed E-state index contributed by atoms with van der Waals surface area (Å²) in [4.78, 5) is 0. The maximum Gasteiger partial charge on any atom is 0.215 e. The van der Waals surface area contributed by atoms with E-state index in [9.17, 15) is 4.39 Å². The van der Waals surface area contributed by atoms with Gasteiger partial charge in [-0.15, -0.1) is 0 Å². The van der Waals surface area contributed by atoms with Crippen LogP contribution in [0, 0.1) is 5.82 Å². The fourth-order valence-corrected chi connectivity index (χ4v) is 4.89. The predicted molar refractivity (Wildman–Crippen MR) is 118 cm³/mol. The van der Waals surface area contributed by atoms with E-state index in [0.717, 1.165) is 16.8 Å². The highest BCUT2D eigenvalue weighted by atomic mass is 35.5. The van der Waals surface area contributed by atoms with Crippen LogP contribution in [0.1, 0.15) is 35.4 Å². The number of benzene rings is 3. The van der Waals surface area contributed by atoms with Crippen LogP contribution >= 0.6 is 46.4 Å². The number of nitrogens with zero attached hydrogens (tertiary/aromatic N) is 2. The van der Waals surface area contributed by atoms with Crippen LogP contribution in [-0.2, 0) is 0 Å². The van der Waals surface area contributed by atoms with E-state index < -0.39 is 6.23 Å². The van der Waals surface area contributed by atoms with Gasteiger partial charge in [0.2, 0.25) is 6.23 Å². The van der Waals surface area contributed by atoms with Crippen LogP contribution in [0.2, 0.25) is 20.1 Å². The zero-order chi connectivity index (χ0) is 21.0. The maximum atomic E-state index is 13.4. The molecule has 0 aliphatic carbocycles. The molecule has 0 saturated heterocycles. The van der Waals surface area contributed by atoms with Crippen LogP contribution in [0.5, 0.6) is 5.75 Å². The van der Waals surface area contributed by atoms with Gasteiger partial charge in [0.15, 0.2) is 0 Å². The summed E-state index contributed by atoms with van der Waals surface area (Å²) in [7, 11) is 0. The number of rotatable bonds is 2. The molecule has 2 aliphatic rings. The molecule has 0 spiro atoms. The van der Waals surface area contributed by atoms with Gasteiger partial charge >= 0.3 is 0 Å².